The Morgan fingerprint density at radius 2 is 1.89 bits per heavy atom. The molecule has 2 heterocycles. The fraction of sp³-hybridized carbons (Fsp3) is 0.517. The van der Waals surface area contributed by atoms with Gasteiger partial charge in [0, 0.05) is 22.7 Å². The van der Waals surface area contributed by atoms with Crippen LogP contribution in [0.4, 0.5) is 5.69 Å². The Labute approximate surface area is 227 Å². The summed E-state index contributed by atoms with van der Waals surface area (Å²) in [6, 6.07) is 6.95. The van der Waals surface area contributed by atoms with E-state index < -0.39 is 5.25 Å². The summed E-state index contributed by atoms with van der Waals surface area (Å²) in [6.07, 6.45) is 11.1. The predicted octanol–water partition coefficient (Wildman–Crippen LogP) is 7.02. The van der Waals surface area contributed by atoms with Crippen molar-refractivity contribution in [2.75, 3.05) is 5.32 Å². The first-order valence-electron chi connectivity index (χ1n) is 13.5. The molecule has 1 N–H and O–H groups in total. The maximum Gasteiger partial charge on any atom is 0.263 e. The molecule has 1 aliphatic carbocycles. The number of aromatic nitrogens is 2. The van der Waals surface area contributed by atoms with E-state index in [1.54, 1.807) is 35.6 Å². The highest BCUT2D eigenvalue weighted by Crippen LogP contribution is 2.35. The van der Waals surface area contributed by atoms with Crippen LogP contribution in [0.5, 0.6) is 0 Å². The number of hydrogen-bond donors (Lipinski definition) is 1. The quantitative estimate of drug-likeness (QED) is 0.116. The largest absolute Gasteiger partial charge is 0.325 e. The molecule has 6 nitrogen and oxygen atoms in total. The van der Waals surface area contributed by atoms with Gasteiger partial charge in [0.15, 0.2) is 10.9 Å². The fourth-order valence-corrected chi connectivity index (χ4v) is 7.07. The lowest BCUT2D eigenvalue weighted by molar-refractivity contribution is -0.115. The van der Waals surface area contributed by atoms with Gasteiger partial charge >= 0.3 is 0 Å². The number of Topliss-reactive ketones (excluding diaryl/α,β-unsaturated/α-hetero) is 1. The minimum Gasteiger partial charge on any atom is -0.325 e. The van der Waals surface area contributed by atoms with Gasteiger partial charge in [-0.05, 0) is 63.6 Å². The van der Waals surface area contributed by atoms with Crippen LogP contribution in [0.15, 0.2) is 34.2 Å². The number of unbranched alkanes of at least 4 members (excludes halogenated alkanes) is 5. The van der Waals surface area contributed by atoms with E-state index in [0.717, 1.165) is 48.7 Å². The number of benzene rings is 1. The van der Waals surface area contributed by atoms with Gasteiger partial charge in [0.1, 0.15) is 4.83 Å². The molecule has 1 aliphatic rings. The number of anilines is 1. The number of carbonyl (C=O) groups excluding carboxylic acids is 2. The molecular formula is C29H37N3O3S2. The van der Waals surface area contributed by atoms with Crippen molar-refractivity contribution in [3.05, 3.63) is 50.6 Å². The first-order valence-corrected chi connectivity index (χ1v) is 15.2. The van der Waals surface area contributed by atoms with Crippen molar-refractivity contribution in [1.82, 2.24) is 9.55 Å². The monoisotopic (exact) mass is 539 g/mol. The van der Waals surface area contributed by atoms with Crippen molar-refractivity contribution in [2.24, 2.45) is 0 Å². The molecule has 0 saturated carbocycles. The minimum absolute atomic E-state index is 0.0437. The van der Waals surface area contributed by atoms with Crippen molar-refractivity contribution in [1.29, 1.82) is 0 Å². The van der Waals surface area contributed by atoms with Gasteiger partial charge < -0.3 is 5.32 Å². The van der Waals surface area contributed by atoms with Crippen LogP contribution in [0, 0.1) is 0 Å². The fourth-order valence-electron chi connectivity index (χ4n) is 4.83. The molecule has 4 rings (SSSR count). The number of thiophene rings is 1. The van der Waals surface area contributed by atoms with E-state index in [4.69, 9.17) is 4.98 Å². The van der Waals surface area contributed by atoms with Crippen molar-refractivity contribution in [2.45, 2.75) is 102 Å². The van der Waals surface area contributed by atoms with Gasteiger partial charge in [-0.15, -0.1) is 11.3 Å². The van der Waals surface area contributed by atoms with Crippen LogP contribution in [0.1, 0.15) is 92.9 Å². The zero-order valence-electron chi connectivity index (χ0n) is 22.1. The van der Waals surface area contributed by atoms with Crippen LogP contribution < -0.4 is 10.9 Å². The number of nitrogens with one attached hydrogen (secondary N) is 1. The summed E-state index contributed by atoms with van der Waals surface area (Å²) in [5.74, 6) is -0.231. The lowest BCUT2D eigenvalue weighted by Gasteiger charge is -2.16. The second-order valence-electron chi connectivity index (χ2n) is 9.90. The second kappa shape index (κ2) is 12.9. The molecule has 1 aromatic carbocycles. The molecule has 0 bridgehead atoms. The summed E-state index contributed by atoms with van der Waals surface area (Å²) in [6.45, 7) is 6.17. The molecule has 0 saturated heterocycles. The number of aryl methyl sites for hydroxylation is 2. The van der Waals surface area contributed by atoms with Crippen molar-refractivity contribution in [3.8, 4) is 0 Å². The van der Waals surface area contributed by atoms with Gasteiger partial charge in [0.05, 0.1) is 10.6 Å². The molecule has 0 aliphatic heterocycles. The van der Waals surface area contributed by atoms with E-state index in [9.17, 15) is 14.4 Å². The molecular weight excluding hydrogens is 502 g/mol. The molecule has 1 unspecified atom stereocenters. The molecule has 0 spiro atoms. The first-order chi connectivity index (χ1) is 17.9. The van der Waals surface area contributed by atoms with Crippen molar-refractivity contribution in [3.63, 3.8) is 0 Å². The normalized spacial score (nSPS) is 13.9. The molecule has 1 amide bonds. The van der Waals surface area contributed by atoms with Gasteiger partial charge in [-0.25, -0.2) is 4.98 Å². The maximum absolute atomic E-state index is 13.8. The van der Waals surface area contributed by atoms with Gasteiger partial charge in [0.25, 0.3) is 5.56 Å². The van der Waals surface area contributed by atoms with E-state index in [1.807, 2.05) is 11.5 Å². The van der Waals surface area contributed by atoms with Crippen LogP contribution in [-0.2, 0) is 24.2 Å². The lowest BCUT2D eigenvalue weighted by atomic mass is 9.97. The number of carbonyl (C=O) groups is 2. The molecule has 3 aromatic rings. The first kappa shape index (κ1) is 27.6. The predicted molar refractivity (Wildman–Crippen MR) is 154 cm³/mol. The Morgan fingerprint density at radius 1 is 1.14 bits per heavy atom. The van der Waals surface area contributed by atoms with Crippen LogP contribution >= 0.6 is 23.1 Å². The molecule has 198 valence electrons. The van der Waals surface area contributed by atoms with Crippen molar-refractivity contribution >= 4 is 50.7 Å². The Kier molecular flexibility index (Phi) is 9.60. The summed E-state index contributed by atoms with van der Waals surface area (Å²) in [7, 11) is 0. The van der Waals surface area contributed by atoms with E-state index in [2.05, 4.69) is 12.2 Å². The number of hydrogen-bond acceptors (Lipinski definition) is 6. The average molecular weight is 540 g/mol. The molecule has 0 fully saturated rings. The summed E-state index contributed by atoms with van der Waals surface area (Å²) in [5.41, 5.74) is 2.39. The molecule has 8 heteroatoms. The van der Waals surface area contributed by atoms with Gasteiger partial charge in [-0.1, -0.05) is 62.9 Å². The number of nitrogens with zero attached hydrogens (tertiary/aromatic N) is 2. The standard InChI is InChI=1S/C29H37N3O3S2/c1-4-5-6-7-8-11-17-32-28(35)25-23-15-9-10-16-24(23)37-27(25)31-29(32)36-20(3)26(34)30-22-14-12-13-21(18-22)19(2)33/h12-14,18,20H,4-11,15-17H2,1-3H3,(H,30,34). The van der Waals surface area contributed by atoms with E-state index >= 15 is 0 Å². The van der Waals surface area contributed by atoms with Crippen LogP contribution in [0.3, 0.4) is 0 Å². The third-order valence-corrected chi connectivity index (χ3v) is 9.24. The van der Waals surface area contributed by atoms with E-state index in [-0.39, 0.29) is 17.2 Å². The van der Waals surface area contributed by atoms with E-state index in [0.29, 0.717) is 23.0 Å². The molecule has 0 radical (unpaired) electrons. The lowest BCUT2D eigenvalue weighted by Crippen LogP contribution is -2.27. The number of ketones is 1. The third kappa shape index (κ3) is 6.71. The zero-order chi connectivity index (χ0) is 26.4. The Morgan fingerprint density at radius 3 is 2.68 bits per heavy atom. The van der Waals surface area contributed by atoms with Crippen molar-refractivity contribution < 1.29 is 9.59 Å². The van der Waals surface area contributed by atoms with Gasteiger partial charge in [0.2, 0.25) is 5.91 Å². The van der Waals surface area contributed by atoms with E-state index in [1.165, 1.54) is 54.8 Å². The highest BCUT2D eigenvalue weighted by atomic mass is 32.2. The Bertz CT molecular complexity index is 1330. The van der Waals surface area contributed by atoms with Crippen LogP contribution in [0.25, 0.3) is 10.2 Å². The molecule has 2 aromatic heterocycles. The summed E-state index contributed by atoms with van der Waals surface area (Å²) >= 11 is 2.98. The average Bonchev–Trinajstić information content (AvgIpc) is 3.26. The highest BCUT2D eigenvalue weighted by molar-refractivity contribution is 8.00. The topological polar surface area (TPSA) is 81.1 Å². The molecule has 1 atom stereocenters. The van der Waals surface area contributed by atoms with Gasteiger partial charge in [-0.3, -0.25) is 19.0 Å². The second-order valence-corrected chi connectivity index (χ2v) is 12.3. The summed E-state index contributed by atoms with van der Waals surface area (Å²) in [4.78, 5) is 45.6. The number of fused-ring (bicyclic) bond motifs is 3. The van der Waals surface area contributed by atoms with Crippen LogP contribution in [-0.4, -0.2) is 26.5 Å². The van der Waals surface area contributed by atoms with Gasteiger partial charge in [-0.2, -0.15) is 0 Å². The smallest absolute Gasteiger partial charge is 0.263 e. The highest BCUT2D eigenvalue weighted by Gasteiger charge is 2.24. The van der Waals surface area contributed by atoms with Crippen LogP contribution in [0.2, 0.25) is 0 Å². The number of thioether (sulfide) groups is 1. The Hall–Kier alpha value is -2.45. The summed E-state index contributed by atoms with van der Waals surface area (Å²) < 4.78 is 1.81. The summed E-state index contributed by atoms with van der Waals surface area (Å²) in [5, 5.41) is 3.87. The minimum atomic E-state index is -0.462. The SMILES string of the molecule is CCCCCCCCn1c(SC(C)C(=O)Nc2cccc(C(C)=O)c2)nc2sc3c(c2c1=O)CCCC3. The third-order valence-electron chi connectivity index (χ3n) is 6.96. The number of amides is 1. The number of rotatable bonds is 12. The maximum atomic E-state index is 13.8. The Balaban J connectivity index is 1.57. The molecule has 37 heavy (non-hydrogen) atoms. The zero-order valence-corrected chi connectivity index (χ0v) is 23.7.